The van der Waals surface area contributed by atoms with E-state index >= 15 is 0 Å². The van der Waals surface area contributed by atoms with Gasteiger partial charge < -0.3 is 4.74 Å². The molecule has 1 aromatic carbocycles. The van der Waals surface area contributed by atoms with E-state index in [9.17, 15) is 8.42 Å². The summed E-state index contributed by atoms with van der Waals surface area (Å²) in [6.07, 6.45) is 1.78. The van der Waals surface area contributed by atoms with E-state index in [0.29, 0.717) is 12.3 Å². The zero-order valence-electron chi connectivity index (χ0n) is 11.4. The number of rotatable bonds is 6. The van der Waals surface area contributed by atoms with E-state index < -0.39 is 10.0 Å². The van der Waals surface area contributed by atoms with Crippen molar-refractivity contribution in [2.75, 3.05) is 13.7 Å². The summed E-state index contributed by atoms with van der Waals surface area (Å²) in [5.41, 5.74) is 1.73. The van der Waals surface area contributed by atoms with Crippen LogP contribution in [0.15, 0.2) is 17.0 Å². The number of methoxy groups -OCH3 is 1. The highest BCUT2D eigenvalue weighted by Crippen LogP contribution is 2.28. The molecule has 0 aromatic heterocycles. The van der Waals surface area contributed by atoms with Crippen molar-refractivity contribution in [2.24, 2.45) is 0 Å². The van der Waals surface area contributed by atoms with Gasteiger partial charge in [0.15, 0.2) is 0 Å². The lowest BCUT2D eigenvalue weighted by atomic mass is 10.1. The average Bonchev–Trinajstić information content (AvgIpc) is 2.28. The van der Waals surface area contributed by atoms with Crippen molar-refractivity contribution < 1.29 is 13.2 Å². The number of benzene rings is 1. The summed E-state index contributed by atoms with van der Waals surface area (Å²) in [5, 5.41) is 0. The Morgan fingerprint density at radius 2 is 1.94 bits per heavy atom. The van der Waals surface area contributed by atoms with Gasteiger partial charge in [0.1, 0.15) is 10.6 Å². The Morgan fingerprint density at radius 3 is 2.50 bits per heavy atom. The van der Waals surface area contributed by atoms with Gasteiger partial charge in [-0.05, 0) is 37.5 Å². The number of unbranched alkanes of at least 4 members (excludes halogenated alkanes) is 1. The SMILES string of the molecule is CCCCNS(=O)(=O)c1cc(C)cc(C)c1OC. The fourth-order valence-corrected chi connectivity index (χ4v) is 3.24. The van der Waals surface area contributed by atoms with Crippen LogP contribution in [-0.4, -0.2) is 22.1 Å². The Balaban J connectivity index is 3.14. The molecule has 1 N–H and O–H groups in total. The van der Waals surface area contributed by atoms with E-state index in [4.69, 9.17) is 4.74 Å². The van der Waals surface area contributed by atoms with Gasteiger partial charge in [-0.3, -0.25) is 0 Å². The largest absolute Gasteiger partial charge is 0.495 e. The molecule has 0 saturated heterocycles. The van der Waals surface area contributed by atoms with E-state index in [1.165, 1.54) is 7.11 Å². The topological polar surface area (TPSA) is 55.4 Å². The van der Waals surface area contributed by atoms with Gasteiger partial charge in [-0.15, -0.1) is 0 Å². The molecular formula is C13H21NO3S. The first-order valence-corrected chi connectivity index (χ1v) is 7.55. The molecule has 0 radical (unpaired) electrons. The molecular weight excluding hydrogens is 250 g/mol. The summed E-state index contributed by atoms with van der Waals surface area (Å²) in [7, 11) is -2.01. The molecule has 18 heavy (non-hydrogen) atoms. The van der Waals surface area contributed by atoms with Crippen LogP contribution in [-0.2, 0) is 10.0 Å². The number of aryl methyl sites for hydroxylation is 2. The summed E-state index contributed by atoms with van der Waals surface area (Å²) in [6.45, 7) is 6.19. The fourth-order valence-electron chi connectivity index (χ4n) is 1.84. The predicted molar refractivity (Wildman–Crippen MR) is 72.6 cm³/mol. The fraction of sp³-hybridized carbons (Fsp3) is 0.538. The molecule has 0 saturated carbocycles. The van der Waals surface area contributed by atoms with Gasteiger partial charge in [-0.1, -0.05) is 19.4 Å². The van der Waals surface area contributed by atoms with Gasteiger partial charge in [-0.25, -0.2) is 13.1 Å². The maximum absolute atomic E-state index is 12.2. The van der Waals surface area contributed by atoms with Gasteiger partial charge in [0.25, 0.3) is 0 Å². The van der Waals surface area contributed by atoms with Gasteiger partial charge >= 0.3 is 0 Å². The lowest BCUT2D eigenvalue weighted by Gasteiger charge is -2.13. The van der Waals surface area contributed by atoms with Gasteiger partial charge in [-0.2, -0.15) is 0 Å². The monoisotopic (exact) mass is 271 g/mol. The van der Waals surface area contributed by atoms with Crippen molar-refractivity contribution in [1.29, 1.82) is 0 Å². The molecule has 0 unspecified atom stereocenters. The molecule has 1 aromatic rings. The first kappa shape index (κ1) is 15.0. The first-order chi connectivity index (χ1) is 8.42. The zero-order chi connectivity index (χ0) is 13.8. The summed E-state index contributed by atoms with van der Waals surface area (Å²) < 4.78 is 32.2. The Hall–Kier alpha value is -1.07. The second kappa shape index (κ2) is 6.20. The lowest BCUT2D eigenvalue weighted by molar-refractivity contribution is 0.399. The van der Waals surface area contributed by atoms with Gasteiger partial charge in [0.2, 0.25) is 10.0 Å². The van der Waals surface area contributed by atoms with Crippen LogP contribution in [0.5, 0.6) is 5.75 Å². The number of hydrogen-bond donors (Lipinski definition) is 1. The average molecular weight is 271 g/mol. The van der Waals surface area contributed by atoms with Crippen molar-refractivity contribution in [1.82, 2.24) is 4.72 Å². The number of nitrogens with one attached hydrogen (secondary N) is 1. The zero-order valence-corrected chi connectivity index (χ0v) is 12.2. The highest BCUT2D eigenvalue weighted by Gasteiger charge is 2.20. The molecule has 0 bridgehead atoms. The van der Waals surface area contributed by atoms with Crippen LogP contribution < -0.4 is 9.46 Å². The Morgan fingerprint density at radius 1 is 1.28 bits per heavy atom. The molecule has 0 fully saturated rings. The highest BCUT2D eigenvalue weighted by atomic mass is 32.2. The summed E-state index contributed by atoms with van der Waals surface area (Å²) in [5.74, 6) is 0.421. The molecule has 102 valence electrons. The Kier molecular flexibility index (Phi) is 5.16. The summed E-state index contributed by atoms with van der Waals surface area (Å²) >= 11 is 0. The Labute approximate surface area is 109 Å². The standard InChI is InChI=1S/C13H21NO3S/c1-5-6-7-14-18(15,16)12-9-10(2)8-11(3)13(12)17-4/h8-9,14H,5-7H2,1-4H3. The van der Waals surface area contributed by atoms with E-state index in [0.717, 1.165) is 24.0 Å². The van der Waals surface area contributed by atoms with Crippen LogP contribution in [0.1, 0.15) is 30.9 Å². The second-order valence-corrected chi connectivity index (χ2v) is 6.10. The normalized spacial score (nSPS) is 11.6. The van der Waals surface area contributed by atoms with Crippen LogP contribution >= 0.6 is 0 Å². The third-order valence-electron chi connectivity index (χ3n) is 2.70. The number of ether oxygens (including phenoxy) is 1. The predicted octanol–water partition coefficient (Wildman–Crippen LogP) is 2.39. The van der Waals surface area contributed by atoms with Crippen LogP contribution in [0.25, 0.3) is 0 Å². The third kappa shape index (κ3) is 3.46. The minimum atomic E-state index is -3.50. The van der Waals surface area contributed by atoms with Crippen molar-refractivity contribution >= 4 is 10.0 Å². The molecule has 0 aliphatic heterocycles. The molecule has 5 heteroatoms. The first-order valence-electron chi connectivity index (χ1n) is 6.07. The quantitative estimate of drug-likeness (QED) is 0.808. The van der Waals surface area contributed by atoms with Crippen LogP contribution in [0.2, 0.25) is 0 Å². The minimum absolute atomic E-state index is 0.221. The molecule has 0 amide bonds. The maximum Gasteiger partial charge on any atom is 0.244 e. The van der Waals surface area contributed by atoms with Crippen LogP contribution in [0.4, 0.5) is 0 Å². The maximum atomic E-state index is 12.2. The molecule has 0 aliphatic rings. The van der Waals surface area contributed by atoms with Gasteiger partial charge in [0.05, 0.1) is 7.11 Å². The lowest BCUT2D eigenvalue weighted by Crippen LogP contribution is -2.25. The van der Waals surface area contributed by atoms with Crippen LogP contribution in [0, 0.1) is 13.8 Å². The third-order valence-corrected chi connectivity index (χ3v) is 4.17. The summed E-state index contributed by atoms with van der Waals surface area (Å²) in [4.78, 5) is 0.221. The minimum Gasteiger partial charge on any atom is -0.495 e. The van der Waals surface area contributed by atoms with E-state index in [2.05, 4.69) is 4.72 Å². The molecule has 0 spiro atoms. The smallest absolute Gasteiger partial charge is 0.244 e. The summed E-state index contributed by atoms with van der Waals surface area (Å²) in [6, 6.07) is 3.55. The van der Waals surface area contributed by atoms with Crippen LogP contribution in [0.3, 0.4) is 0 Å². The van der Waals surface area contributed by atoms with Crippen molar-refractivity contribution in [3.05, 3.63) is 23.3 Å². The van der Waals surface area contributed by atoms with Crippen molar-refractivity contribution in [2.45, 2.75) is 38.5 Å². The number of sulfonamides is 1. The highest BCUT2D eigenvalue weighted by molar-refractivity contribution is 7.89. The second-order valence-electron chi connectivity index (χ2n) is 4.36. The molecule has 0 aliphatic carbocycles. The molecule has 0 atom stereocenters. The molecule has 1 rings (SSSR count). The van der Waals surface area contributed by atoms with Gasteiger partial charge in [0, 0.05) is 6.54 Å². The van der Waals surface area contributed by atoms with Crippen molar-refractivity contribution in [3.8, 4) is 5.75 Å². The van der Waals surface area contributed by atoms with Crippen molar-refractivity contribution in [3.63, 3.8) is 0 Å². The van der Waals surface area contributed by atoms with E-state index in [-0.39, 0.29) is 4.90 Å². The molecule has 4 nitrogen and oxygen atoms in total. The van der Waals surface area contributed by atoms with E-state index in [1.807, 2.05) is 26.8 Å². The molecule has 0 heterocycles. The number of hydrogen-bond acceptors (Lipinski definition) is 3. The Bertz CT molecular complexity index is 509. The van der Waals surface area contributed by atoms with E-state index in [1.54, 1.807) is 6.07 Å².